The van der Waals surface area contributed by atoms with Gasteiger partial charge in [0.2, 0.25) is 11.8 Å². The van der Waals surface area contributed by atoms with Gasteiger partial charge in [-0.1, -0.05) is 5.16 Å². The van der Waals surface area contributed by atoms with Crippen LogP contribution in [-0.4, -0.2) is 52.7 Å². The first-order valence-electron chi connectivity index (χ1n) is 8.05. The largest absolute Gasteiger partial charge is 0.339 e. The average molecular weight is 359 g/mol. The Bertz CT molecular complexity index is 1130. The number of aromatic nitrogens is 6. The molecule has 26 heavy (non-hydrogen) atoms. The van der Waals surface area contributed by atoms with Crippen LogP contribution in [0.3, 0.4) is 0 Å². The smallest absolute Gasteiger partial charge is 0.332 e. The lowest BCUT2D eigenvalue weighted by Crippen LogP contribution is -2.49. The molecule has 3 aromatic rings. The van der Waals surface area contributed by atoms with Gasteiger partial charge in [0.1, 0.15) is 6.54 Å². The van der Waals surface area contributed by atoms with Crippen molar-refractivity contribution in [2.45, 2.75) is 19.4 Å². The molecule has 0 N–H and O–H groups in total. The maximum Gasteiger partial charge on any atom is 0.332 e. The van der Waals surface area contributed by atoms with Gasteiger partial charge >= 0.3 is 5.69 Å². The summed E-state index contributed by atoms with van der Waals surface area (Å²) in [6.45, 7) is 2.69. The van der Waals surface area contributed by atoms with Crippen molar-refractivity contribution in [2.75, 3.05) is 13.1 Å². The number of fused-ring (bicyclic) bond motifs is 1. The molecule has 0 spiro atoms. The van der Waals surface area contributed by atoms with Crippen molar-refractivity contribution in [2.24, 2.45) is 14.1 Å². The maximum atomic E-state index is 12.5. The highest BCUT2D eigenvalue weighted by molar-refractivity contribution is 5.79. The molecule has 1 aliphatic rings. The molecule has 11 nitrogen and oxygen atoms in total. The van der Waals surface area contributed by atoms with Gasteiger partial charge in [-0.2, -0.15) is 4.98 Å². The summed E-state index contributed by atoms with van der Waals surface area (Å²) in [6, 6.07) is 0. The second kappa shape index (κ2) is 5.64. The number of nitrogens with zero attached hydrogens (tertiary/aromatic N) is 7. The summed E-state index contributed by atoms with van der Waals surface area (Å²) in [4.78, 5) is 46.8. The monoisotopic (exact) mass is 359 g/mol. The van der Waals surface area contributed by atoms with Crippen molar-refractivity contribution < 1.29 is 9.32 Å². The van der Waals surface area contributed by atoms with Crippen LogP contribution in [0.2, 0.25) is 0 Å². The molecule has 11 heteroatoms. The number of amides is 1. The van der Waals surface area contributed by atoms with Crippen LogP contribution in [0.1, 0.15) is 17.6 Å². The van der Waals surface area contributed by atoms with Crippen LogP contribution >= 0.6 is 0 Å². The summed E-state index contributed by atoms with van der Waals surface area (Å²) in [5.41, 5.74) is -0.447. The number of hydrogen-bond donors (Lipinski definition) is 0. The third-order valence-corrected chi connectivity index (χ3v) is 4.65. The molecule has 3 aromatic heterocycles. The topological polar surface area (TPSA) is 121 Å². The number of rotatable bonds is 3. The number of carbonyl (C=O) groups excluding carboxylic acids is 1. The fourth-order valence-corrected chi connectivity index (χ4v) is 3.08. The Morgan fingerprint density at radius 3 is 2.65 bits per heavy atom. The lowest BCUT2D eigenvalue weighted by atomic mass is 10.00. The van der Waals surface area contributed by atoms with Crippen molar-refractivity contribution in [3.05, 3.63) is 38.9 Å². The Hall–Kier alpha value is -3.24. The van der Waals surface area contributed by atoms with E-state index >= 15 is 0 Å². The predicted octanol–water partition coefficient (Wildman–Crippen LogP) is -1.25. The van der Waals surface area contributed by atoms with E-state index in [1.54, 1.807) is 11.8 Å². The van der Waals surface area contributed by atoms with Crippen LogP contribution in [0.25, 0.3) is 11.2 Å². The zero-order valence-corrected chi connectivity index (χ0v) is 14.5. The molecule has 0 saturated carbocycles. The molecule has 1 saturated heterocycles. The van der Waals surface area contributed by atoms with Crippen LogP contribution in [0.15, 0.2) is 20.4 Å². The van der Waals surface area contributed by atoms with Gasteiger partial charge in [0, 0.05) is 27.2 Å². The Labute approximate surface area is 146 Å². The summed E-state index contributed by atoms with van der Waals surface area (Å²) in [7, 11) is 2.94. The fourth-order valence-electron chi connectivity index (χ4n) is 3.08. The third-order valence-electron chi connectivity index (χ3n) is 4.65. The van der Waals surface area contributed by atoms with Crippen molar-refractivity contribution in [1.29, 1.82) is 0 Å². The first-order chi connectivity index (χ1) is 12.4. The SMILES string of the molecule is Cc1noc(C2CN(C(=O)Cn3cnc4c3c(=O)n(C)c(=O)n4C)C2)n1. The van der Waals surface area contributed by atoms with Gasteiger partial charge in [-0.3, -0.25) is 18.7 Å². The van der Waals surface area contributed by atoms with Gasteiger partial charge in [0.05, 0.1) is 12.2 Å². The van der Waals surface area contributed by atoms with Crippen LogP contribution < -0.4 is 11.2 Å². The zero-order chi connectivity index (χ0) is 18.6. The van der Waals surface area contributed by atoms with Gasteiger partial charge < -0.3 is 14.0 Å². The van der Waals surface area contributed by atoms with E-state index in [-0.39, 0.29) is 29.5 Å². The standard InChI is InChI=1S/C15H17N7O4/c1-8-17-13(26-18-8)9-4-21(5-9)10(23)6-22-7-16-12-11(22)14(24)20(3)15(25)19(12)2/h7,9H,4-6H2,1-3H3. The minimum absolute atomic E-state index is 0.0282. The molecule has 0 unspecified atom stereocenters. The summed E-state index contributed by atoms with van der Waals surface area (Å²) in [6.07, 6.45) is 1.40. The Morgan fingerprint density at radius 1 is 1.27 bits per heavy atom. The predicted molar refractivity (Wildman–Crippen MR) is 88.6 cm³/mol. The molecule has 0 radical (unpaired) electrons. The second-order valence-electron chi connectivity index (χ2n) is 6.43. The zero-order valence-electron chi connectivity index (χ0n) is 14.5. The summed E-state index contributed by atoms with van der Waals surface area (Å²) < 4.78 is 8.89. The van der Waals surface area contributed by atoms with Crippen LogP contribution in [0.4, 0.5) is 0 Å². The van der Waals surface area contributed by atoms with Crippen LogP contribution in [0.5, 0.6) is 0 Å². The third kappa shape index (κ3) is 2.35. The lowest BCUT2D eigenvalue weighted by Gasteiger charge is -2.37. The van der Waals surface area contributed by atoms with Gasteiger partial charge in [0.25, 0.3) is 5.56 Å². The minimum atomic E-state index is -0.476. The first-order valence-corrected chi connectivity index (χ1v) is 8.05. The highest BCUT2D eigenvalue weighted by Gasteiger charge is 2.35. The molecule has 0 aromatic carbocycles. The van der Waals surface area contributed by atoms with E-state index in [1.807, 2.05) is 0 Å². The molecule has 0 aliphatic carbocycles. The molecule has 0 atom stereocenters. The van der Waals surface area contributed by atoms with Crippen molar-refractivity contribution in [3.8, 4) is 0 Å². The highest BCUT2D eigenvalue weighted by Crippen LogP contribution is 2.26. The van der Waals surface area contributed by atoms with E-state index in [4.69, 9.17) is 4.52 Å². The van der Waals surface area contributed by atoms with Crippen LogP contribution in [-0.2, 0) is 25.4 Å². The molecule has 0 bridgehead atoms. The van der Waals surface area contributed by atoms with Crippen molar-refractivity contribution >= 4 is 17.1 Å². The Balaban J connectivity index is 1.54. The lowest BCUT2D eigenvalue weighted by molar-refractivity contribution is -0.136. The Kier molecular flexibility index (Phi) is 3.53. The number of aryl methyl sites for hydroxylation is 2. The van der Waals surface area contributed by atoms with Gasteiger partial charge in [-0.05, 0) is 6.92 Å². The molecular weight excluding hydrogens is 342 g/mol. The van der Waals surface area contributed by atoms with Gasteiger partial charge in [-0.15, -0.1) is 0 Å². The molecule has 1 amide bonds. The molecule has 136 valence electrons. The molecule has 1 aliphatic heterocycles. The van der Waals surface area contributed by atoms with Crippen molar-refractivity contribution in [1.82, 2.24) is 33.7 Å². The van der Waals surface area contributed by atoms with E-state index in [2.05, 4.69) is 15.1 Å². The number of likely N-dealkylation sites (tertiary alicyclic amines) is 1. The normalized spacial score (nSPS) is 14.8. The molecule has 4 rings (SSSR count). The Morgan fingerprint density at radius 2 is 2.00 bits per heavy atom. The summed E-state index contributed by atoms with van der Waals surface area (Å²) in [5, 5.41) is 3.75. The second-order valence-corrected chi connectivity index (χ2v) is 6.43. The number of imidazole rings is 1. The van der Waals surface area contributed by atoms with E-state index in [0.717, 1.165) is 4.57 Å². The average Bonchev–Trinajstić information content (AvgIpc) is 3.16. The summed E-state index contributed by atoms with van der Waals surface area (Å²) in [5.74, 6) is 0.987. The molecule has 4 heterocycles. The van der Waals surface area contributed by atoms with E-state index in [1.165, 1.54) is 29.6 Å². The molecular formula is C15H17N7O4. The minimum Gasteiger partial charge on any atom is -0.339 e. The highest BCUT2D eigenvalue weighted by atomic mass is 16.5. The van der Waals surface area contributed by atoms with E-state index in [0.29, 0.717) is 24.8 Å². The van der Waals surface area contributed by atoms with E-state index in [9.17, 15) is 14.4 Å². The number of hydrogen-bond acceptors (Lipinski definition) is 7. The first kappa shape index (κ1) is 16.2. The van der Waals surface area contributed by atoms with Crippen molar-refractivity contribution in [3.63, 3.8) is 0 Å². The van der Waals surface area contributed by atoms with E-state index < -0.39 is 11.2 Å². The molecule has 1 fully saturated rings. The quantitative estimate of drug-likeness (QED) is 0.573. The van der Waals surface area contributed by atoms with Crippen LogP contribution in [0, 0.1) is 6.92 Å². The van der Waals surface area contributed by atoms with Gasteiger partial charge in [-0.25, -0.2) is 9.78 Å². The fraction of sp³-hybridized carbons (Fsp3) is 0.467. The summed E-state index contributed by atoms with van der Waals surface area (Å²) >= 11 is 0. The maximum absolute atomic E-state index is 12.5. The van der Waals surface area contributed by atoms with Gasteiger partial charge in [0.15, 0.2) is 17.0 Å². The number of carbonyl (C=O) groups is 1.